The number of nitro benzene ring substituents is 1. The van der Waals surface area contributed by atoms with E-state index in [0.29, 0.717) is 16.9 Å². The van der Waals surface area contributed by atoms with Gasteiger partial charge in [0.05, 0.1) is 10.5 Å². The number of non-ortho nitro benzene ring substituents is 1. The Morgan fingerprint density at radius 3 is 2.21 bits per heavy atom. The third-order valence-electron chi connectivity index (χ3n) is 4.40. The molecule has 5 heteroatoms. The van der Waals surface area contributed by atoms with Crippen LogP contribution in [-0.2, 0) is 9.53 Å². The Hall–Kier alpha value is -3.99. The van der Waals surface area contributed by atoms with Crippen molar-refractivity contribution in [2.24, 2.45) is 0 Å². The second-order valence-corrected chi connectivity index (χ2v) is 6.29. The van der Waals surface area contributed by atoms with Crippen molar-refractivity contribution in [1.82, 2.24) is 0 Å². The minimum atomic E-state index is -0.478. The van der Waals surface area contributed by atoms with Gasteiger partial charge in [0, 0.05) is 17.7 Å². The molecule has 136 valence electrons. The molecule has 0 spiro atoms. The Morgan fingerprint density at radius 1 is 0.821 bits per heavy atom. The van der Waals surface area contributed by atoms with E-state index in [0.717, 1.165) is 16.7 Å². The average molecular weight is 369 g/mol. The van der Waals surface area contributed by atoms with E-state index in [-0.39, 0.29) is 5.69 Å². The molecule has 0 bridgehead atoms. The fourth-order valence-electron chi connectivity index (χ4n) is 3.00. The number of nitro groups is 1. The lowest BCUT2D eigenvalue weighted by molar-refractivity contribution is -0.384. The van der Waals surface area contributed by atoms with Gasteiger partial charge in [0.1, 0.15) is 5.76 Å². The highest BCUT2D eigenvalue weighted by Gasteiger charge is 2.22. The molecule has 0 unspecified atom stereocenters. The van der Waals surface area contributed by atoms with Gasteiger partial charge in [-0.1, -0.05) is 66.7 Å². The Bertz CT molecular complexity index is 1110. The van der Waals surface area contributed by atoms with Crippen molar-refractivity contribution in [2.45, 2.75) is 0 Å². The summed E-state index contributed by atoms with van der Waals surface area (Å²) < 4.78 is 5.38. The SMILES string of the molecule is O=C1OC(c2ccc(-c3ccccc3)cc2)=C/C1=C/c1cccc([N+](=O)[O-])c1. The van der Waals surface area contributed by atoms with Crippen LogP contribution in [0.3, 0.4) is 0 Å². The van der Waals surface area contributed by atoms with Crippen LogP contribution in [0.25, 0.3) is 23.0 Å². The number of hydrogen-bond donors (Lipinski definition) is 0. The molecule has 0 aromatic heterocycles. The first-order chi connectivity index (χ1) is 13.6. The van der Waals surface area contributed by atoms with Gasteiger partial charge >= 0.3 is 5.97 Å². The van der Waals surface area contributed by atoms with Gasteiger partial charge in [0.2, 0.25) is 0 Å². The number of ether oxygens (including phenoxy) is 1. The quantitative estimate of drug-likeness (QED) is 0.273. The summed E-state index contributed by atoms with van der Waals surface area (Å²) in [4.78, 5) is 22.6. The molecule has 1 aliphatic rings. The van der Waals surface area contributed by atoms with Crippen LogP contribution in [0.4, 0.5) is 5.69 Å². The first-order valence-electron chi connectivity index (χ1n) is 8.66. The summed E-state index contributed by atoms with van der Waals surface area (Å²) in [7, 11) is 0. The first-order valence-corrected chi connectivity index (χ1v) is 8.66. The molecule has 0 amide bonds. The topological polar surface area (TPSA) is 69.4 Å². The van der Waals surface area contributed by atoms with Crippen LogP contribution in [0.5, 0.6) is 0 Å². The summed E-state index contributed by atoms with van der Waals surface area (Å²) >= 11 is 0. The minimum absolute atomic E-state index is 0.0265. The zero-order valence-corrected chi connectivity index (χ0v) is 14.7. The number of cyclic esters (lactones) is 1. The molecule has 0 fully saturated rings. The number of hydrogen-bond acceptors (Lipinski definition) is 4. The van der Waals surface area contributed by atoms with Crippen LogP contribution in [0.1, 0.15) is 11.1 Å². The van der Waals surface area contributed by atoms with Crippen LogP contribution in [0.2, 0.25) is 0 Å². The van der Waals surface area contributed by atoms with Gasteiger partial charge < -0.3 is 4.74 Å². The van der Waals surface area contributed by atoms with E-state index in [1.165, 1.54) is 12.1 Å². The van der Waals surface area contributed by atoms with Gasteiger partial charge in [-0.2, -0.15) is 0 Å². The zero-order chi connectivity index (χ0) is 19.5. The van der Waals surface area contributed by atoms with Crippen LogP contribution in [0.15, 0.2) is 90.5 Å². The molecular formula is C23H15NO4. The number of rotatable bonds is 4. The van der Waals surface area contributed by atoms with Crippen molar-refractivity contribution >= 4 is 23.5 Å². The fourth-order valence-corrected chi connectivity index (χ4v) is 3.00. The number of carbonyl (C=O) groups excluding carboxylic acids is 1. The summed E-state index contributed by atoms with van der Waals surface area (Å²) in [6, 6.07) is 23.9. The third kappa shape index (κ3) is 3.59. The molecular weight excluding hydrogens is 354 g/mol. The van der Waals surface area contributed by atoms with E-state index in [2.05, 4.69) is 0 Å². The molecule has 3 aromatic rings. The predicted molar refractivity (Wildman–Crippen MR) is 107 cm³/mol. The third-order valence-corrected chi connectivity index (χ3v) is 4.40. The van der Waals surface area contributed by atoms with Gasteiger partial charge in [-0.05, 0) is 28.8 Å². The second kappa shape index (κ2) is 7.32. The van der Waals surface area contributed by atoms with Crippen molar-refractivity contribution < 1.29 is 14.5 Å². The van der Waals surface area contributed by atoms with E-state index >= 15 is 0 Å². The molecule has 0 atom stereocenters. The van der Waals surface area contributed by atoms with Gasteiger partial charge in [0.15, 0.2) is 0 Å². The molecule has 0 saturated carbocycles. The zero-order valence-electron chi connectivity index (χ0n) is 14.7. The monoisotopic (exact) mass is 369 g/mol. The van der Waals surface area contributed by atoms with Crippen LogP contribution >= 0.6 is 0 Å². The second-order valence-electron chi connectivity index (χ2n) is 6.29. The Kier molecular flexibility index (Phi) is 4.56. The molecule has 5 nitrogen and oxygen atoms in total. The van der Waals surface area contributed by atoms with Crippen molar-refractivity contribution in [2.75, 3.05) is 0 Å². The lowest BCUT2D eigenvalue weighted by atomic mass is 10.0. The molecule has 0 radical (unpaired) electrons. The van der Waals surface area contributed by atoms with E-state index in [9.17, 15) is 14.9 Å². The fraction of sp³-hybridized carbons (Fsp3) is 0. The van der Waals surface area contributed by atoms with Crippen molar-refractivity contribution in [3.63, 3.8) is 0 Å². The standard InChI is InChI=1S/C23H15NO4/c25-23-20(13-16-5-4-8-21(14-16)24(26)27)15-22(28-23)19-11-9-18(10-12-19)17-6-2-1-3-7-17/h1-15H/b20-13-. The van der Waals surface area contributed by atoms with Gasteiger partial charge in [-0.3, -0.25) is 10.1 Å². The molecule has 1 aliphatic heterocycles. The Labute approximate surface area is 161 Å². The van der Waals surface area contributed by atoms with Gasteiger partial charge in [-0.15, -0.1) is 0 Å². The van der Waals surface area contributed by atoms with Crippen molar-refractivity contribution in [1.29, 1.82) is 0 Å². The molecule has 0 N–H and O–H groups in total. The number of benzene rings is 3. The Balaban J connectivity index is 1.61. The number of nitrogens with zero attached hydrogens (tertiary/aromatic N) is 1. The Morgan fingerprint density at radius 2 is 1.50 bits per heavy atom. The van der Waals surface area contributed by atoms with Crippen LogP contribution < -0.4 is 0 Å². The molecule has 0 saturated heterocycles. The molecule has 4 rings (SSSR count). The predicted octanol–water partition coefficient (Wildman–Crippen LogP) is 5.24. The van der Waals surface area contributed by atoms with Crippen molar-refractivity contribution in [3.8, 4) is 11.1 Å². The van der Waals surface area contributed by atoms with Crippen molar-refractivity contribution in [3.05, 3.63) is 112 Å². The lowest BCUT2D eigenvalue weighted by Gasteiger charge is -2.04. The van der Waals surface area contributed by atoms with E-state index in [4.69, 9.17) is 4.74 Å². The molecule has 1 heterocycles. The molecule has 28 heavy (non-hydrogen) atoms. The highest BCUT2D eigenvalue weighted by molar-refractivity contribution is 6.05. The first kappa shape index (κ1) is 17.4. The van der Waals surface area contributed by atoms with Crippen LogP contribution in [0, 0.1) is 10.1 Å². The van der Waals surface area contributed by atoms with Crippen LogP contribution in [-0.4, -0.2) is 10.9 Å². The average Bonchev–Trinajstić information content (AvgIpc) is 3.09. The largest absolute Gasteiger partial charge is 0.422 e. The summed E-state index contributed by atoms with van der Waals surface area (Å²) in [5, 5.41) is 10.9. The van der Waals surface area contributed by atoms with E-state index < -0.39 is 10.9 Å². The van der Waals surface area contributed by atoms with E-state index in [1.807, 2.05) is 54.6 Å². The normalized spacial score (nSPS) is 14.6. The lowest BCUT2D eigenvalue weighted by Crippen LogP contribution is -1.97. The maximum Gasteiger partial charge on any atom is 0.343 e. The summed E-state index contributed by atoms with van der Waals surface area (Å²) in [6.45, 7) is 0. The van der Waals surface area contributed by atoms with Gasteiger partial charge in [0.25, 0.3) is 5.69 Å². The van der Waals surface area contributed by atoms with Gasteiger partial charge in [-0.25, -0.2) is 4.79 Å². The highest BCUT2D eigenvalue weighted by atomic mass is 16.6. The number of esters is 1. The van der Waals surface area contributed by atoms with E-state index in [1.54, 1.807) is 24.3 Å². The summed E-state index contributed by atoms with van der Waals surface area (Å²) in [5.74, 6) is -0.0186. The molecule has 0 aliphatic carbocycles. The number of carbonyl (C=O) groups is 1. The summed E-state index contributed by atoms with van der Waals surface area (Å²) in [6.07, 6.45) is 3.24. The maximum absolute atomic E-state index is 12.2. The summed E-state index contributed by atoms with van der Waals surface area (Å²) in [5.41, 5.74) is 3.86. The highest BCUT2D eigenvalue weighted by Crippen LogP contribution is 2.29. The smallest absolute Gasteiger partial charge is 0.343 e. The maximum atomic E-state index is 12.2. The minimum Gasteiger partial charge on any atom is -0.422 e. The molecule has 3 aromatic carbocycles.